The monoisotopic (exact) mass is 191 g/mol. The van der Waals surface area contributed by atoms with Gasteiger partial charge in [-0.05, 0) is 24.8 Å². The van der Waals surface area contributed by atoms with Gasteiger partial charge in [0.05, 0.1) is 0 Å². The molecule has 0 aliphatic heterocycles. The summed E-state index contributed by atoms with van der Waals surface area (Å²) < 4.78 is 0. The predicted octanol–water partition coefficient (Wildman–Crippen LogP) is 2.15. The Labute approximate surface area is 85.3 Å². The highest BCUT2D eigenvalue weighted by molar-refractivity contribution is 5.75. The summed E-state index contributed by atoms with van der Waals surface area (Å²) in [7, 11) is 1.68. The lowest BCUT2D eigenvalue weighted by Crippen LogP contribution is -2.16. The summed E-state index contributed by atoms with van der Waals surface area (Å²) in [5, 5.41) is 2.62. The van der Waals surface area contributed by atoms with Gasteiger partial charge in [0, 0.05) is 13.5 Å². The topological polar surface area (TPSA) is 29.1 Å². The third-order valence-corrected chi connectivity index (χ3v) is 2.24. The fraction of sp³-hybridized carbons (Fsp3) is 0.417. The Kier molecular flexibility index (Phi) is 4.76. The highest BCUT2D eigenvalue weighted by Crippen LogP contribution is 2.05. The van der Waals surface area contributed by atoms with Gasteiger partial charge in [0.15, 0.2) is 0 Å². The van der Waals surface area contributed by atoms with E-state index in [-0.39, 0.29) is 5.91 Å². The smallest absolute Gasteiger partial charge is 0.219 e. The van der Waals surface area contributed by atoms with Crippen LogP contribution in [0, 0.1) is 0 Å². The molecule has 76 valence electrons. The van der Waals surface area contributed by atoms with Gasteiger partial charge in [0.25, 0.3) is 0 Å². The molecule has 0 radical (unpaired) electrons. The third-order valence-electron chi connectivity index (χ3n) is 2.24. The highest BCUT2D eigenvalue weighted by atomic mass is 16.1. The van der Waals surface area contributed by atoms with E-state index in [0.29, 0.717) is 6.42 Å². The van der Waals surface area contributed by atoms with Crippen molar-refractivity contribution in [1.29, 1.82) is 0 Å². The predicted molar refractivity (Wildman–Crippen MR) is 58.1 cm³/mol. The maximum Gasteiger partial charge on any atom is 0.219 e. The van der Waals surface area contributed by atoms with Crippen LogP contribution in [0.1, 0.15) is 24.8 Å². The van der Waals surface area contributed by atoms with Gasteiger partial charge in [-0.2, -0.15) is 0 Å². The first-order chi connectivity index (χ1) is 6.83. The molecule has 1 N–H and O–H groups in total. The van der Waals surface area contributed by atoms with Crippen molar-refractivity contribution in [2.75, 3.05) is 7.05 Å². The van der Waals surface area contributed by atoms with Crippen molar-refractivity contribution in [2.45, 2.75) is 25.7 Å². The number of aryl methyl sites for hydroxylation is 1. The summed E-state index contributed by atoms with van der Waals surface area (Å²) in [5.74, 6) is 0.137. The zero-order chi connectivity index (χ0) is 10.2. The Balaban J connectivity index is 2.13. The molecule has 0 spiro atoms. The van der Waals surface area contributed by atoms with E-state index in [1.54, 1.807) is 7.05 Å². The third kappa shape index (κ3) is 4.08. The molecule has 0 bridgehead atoms. The molecular formula is C12H17NO. The minimum atomic E-state index is 0.137. The van der Waals surface area contributed by atoms with Gasteiger partial charge in [-0.1, -0.05) is 30.3 Å². The van der Waals surface area contributed by atoms with Gasteiger partial charge in [-0.3, -0.25) is 4.79 Å². The van der Waals surface area contributed by atoms with Crippen molar-refractivity contribution in [1.82, 2.24) is 5.32 Å². The molecule has 1 aromatic carbocycles. The molecule has 0 unspecified atom stereocenters. The highest BCUT2D eigenvalue weighted by Gasteiger charge is 1.97. The number of amides is 1. The van der Waals surface area contributed by atoms with E-state index in [9.17, 15) is 4.79 Å². The standard InChI is InChI=1S/C12H17NO/c1-13-12(14)10-6-5-9-11-7-3-2-4-8-11/h2-4,7-8H,5-6,9-10H2,1H3,(H,13,14). The van der Waals surface area contributed by atoms with Gasteiger partial charge < -0.3 is 5.32 Å². The zero-order valence-corrected chi connectivity index (χ0v) is 8.62. The summed E-state index contributed by atoms with van der Waals surface area (Å²) in [5.41, 5.74) is 1.35. The van der Waals surface area contributed by atoms with Crippen molar-refractivity contribution in [3.8, 4) is 0 Å². The van der Waals surface area contributed by atoms with Crippen LogP contribution in [-0.4, -0.2) is 13.0 Å². The molecule has 0 atom stereocenters. The van der Waals surface area contributed by atoms with Crippen LogP contribution in [0.25, 0.3) is 0 Å². The molecule has 0 aliphatic rings. The maximum absolute atomic E-state index is 10.9. The zero-order valence-electron chi connectivity index (χ0n) is 8.62. The number of hydrogen-bond donors (Lipinski definition) is 1. The van der Waals surface area contributed by atoms with Gasteiger partial charge >= 0.3 is 0 Å². The number of nitrogens with one attached hydrogen (secondary N) is 1. The molecule has 0 saturated carbocycles. The molecule has 1 amide bonds. The molecule has 2 nitrogen and oxygen atoms in total. The fourth-order valence-corrected chi connectivity index (χ4v) is 1.38. The van der Waals surface area contributed by atoms with Crippen LogP contribution < -0.4 is 5.32 Å². The quantitative estimate of drug-likeness (QED) is 0.710. The minimum absolute atomic E-state index is 0.137. The molecule has 1 rings (SSSR count). The van der Waals surface area contributed by atoms with Gasteiger partial charge in [-0.15, -0.1) is 0 Å². The largest absolute Gasteiger partial charge is 0.359 e. The molecular weight excluding hydrogens is 174 g/mol. The molecule has 0 aromatic heterocycles. The summed E-state index contributed by atoms with van der Waals surface area (Å²) in [6.07, 6.45) is 3.76. The van der Waals surface area contributed by atoms with Crippen molar-refractivity contribution in [2.24, 2.45) is 0 Å². The summed E-state index contributed by atoms with van der Waals surface area (Å²) >= 11 is 0. The van der Waals surface area contributed by atoms with E-state index in [0.717, 1.165) is 19.3 Å². The number of benzene rings is 1. The number of rotatable bonds is 5. The average Bonchev–Trinajstić information content (AvgIpc) is 2.25. The summed E-state index contributed by atoms with van der Waals surface area (Å²) in [6, 6.07) is 10.4. The molecule has 0 saturated heterocycles. The van der Waals surface area contributed by atoms with E-state index < -0.39 is 0 Å². The Morgan fingerprint density at radius 1 is 1.21 bits per heavy atom. The van der Waals surface area contributed by atoms with E-state index >= 15 is 0 Å². The second kappa shape index (κ2) is 6.19. The average molecular weight is 191 g/mol. The minimum Gasteiger partial charge on any atom is -0.359 e. The molecule has 14 heavy (non-hydrogen) atoms. The van der Waals surface area contributed by atoms with Crippen molar-refractivity contribution >= 4 is 5.91 Å². The first-order valence-corrected chi connectivity index (χ1v) is 5.07. The Morgan fingerprint density at radius 3 is 2.57 bits per heavy atom. The van der Waals surface area contributed by atoms with Crippen LogP contribution in [0.15, 0.2) is 30.3 Å². The molecule has 2 heteroatoms. The first kappa shape index (κ1) is 10.8. The molecule has 0 heterocycles. The van der Waals surface area contributed by atoms with E-state index in [1.807, 2.05) is 18.2 Å². The Hall–Kier alpha value is -1.31. The number of carbonyl (C=O) groups excluding carboxylic acids is 1. The second-order valence-electron chi connectivity index (χ2n) is 3.37. The number of carbonyl (C=O) groups is 1. The van der Waals surface area contributed by atoms with Crippen LogP contribution in [0.5, 0.6) is 0 Å². The van der Waals surface area contributed by atoms with Crippen molar-refractivity contribution in [3.05, 3.63) is 35.9 Å². The lowest BCUT2D eigenvalue weighted by molar-refractivity contribution is -0.120. The fourth-order valence-electron chi connectivity index (χ4n) is 1.38. The summed E-state index contributed by atoms with van der Waals surface area (Å²) in [6.45, 7) is 0. The maximum atomic E-state index is 10.9. The van der Waals surface area contributed by atoms with Gasteiger partial charge in [0.2, 0.25) is 5.91 Å². The van der Waals surface area contributed by atoms with E-state index in [4.69, 9.17) is 0 Å². The van der Waals surface area contributed by atoms with Crippen molar-refractivity contribution in [3.63, 3.8) is 0 Å². The Morgan fingerprint density at radius 2 is 1.93 bits per heavy atom. The van der Waals surface area contributed by atoms with Gasteiger partial charge in [-0.25, -0.2) is 0 Å². The summed E-state index contributed by atoms with van der Waals surface area (Å²) in [4.78, 5) is 10.9. The Bertz CT molecular complexity index is 269. The SMILES string of the molecule is CNC(=O)CCCCc1ccccc1. The van der Waals surface area contributed by atoms with Crippen LogP contribution in [0.3, 0.4) is 0 Å². The van der Waals surface area contributed by atoms with Crippen LogP contribution >= 0.6 is 0 Å². The lowest BCUT2D eigenvalue weighted by atomic mass is 10.1. The number of unbranched alkanes of at least 4 members (excludes halogenated alkanes) is 1. The lowest BCUT2D eigenvalue weighted by Gasteiger charge is -2.01. The second-order valence-corrected chi connectivity index (χ2v) is 3.37. The molecule has 1 aromatic rings. The molecule has 0 aliphatic carbocycles. The van der Waals surface area contributed by atoms with Crippen LogP contribution in [-0.2, 0) is 11.2 Å². The number of hydrogen-bond acceptors (Lipinski definition) is 1. The first-order valence-electron chi connectivity index (χ1n) is 5.07. The molecule has 0 fully saturated rings. The van der Waals surface area contributed by atoms with Gasteiger partial charge in [0.1, 0.15) is 0 Å². The van der Waals surface area contributed by atoms with Crippen molar-refractivity contribution < 1.29 is 4.79 Å². The van der Waals surface area contributed by atoms with Crippen LogP contribution in [0.2, 0.25) is 0 Å². The van der Waals surface area contributed by atoms with E-state index in [2.05, 4.69) is 17.4 Å². The van der Waals surface area contributed by atoms with E-state index in [1.165, 1.54) is 5.56 Å². The normalized spacial score (nSPS) is 9.79. The van der Waals surface area contributed by atoms with Crippen LogP contribution in [0.4, 0.5) is 0 Å².